The highest BCUT2D eigenvalue weighted by Crippen LogP contribution is 2.24. The van der Waals surface area contributed by atoms with Gasteiger partial charge < -0.3 is 15.5 Å². The summed E-state index contributed by atoms with van der Waals surface area (Å²) in [5.74, 6) is 0.00788. The summed E-state index contributed by atoms with van der Waals surface area (Å²) in [7, 11) is 0. The Labute approximate surface area is 164 Å². The number of hydrogen-bond acceptors (Lipinski definition) is 4. The molecule has 0 saturated carbocycles. The second kappa shape index (κ2) is 8.10. The molecule has 2 aliphatic heterocycles. The first-order valence-electron chi connectivity index (χ1n) is 9.11. The Morgan fingerprint density at radius 2 is 2.04 bits per heavy atom. The van der Waals surface area contributed by atoms with E-state index in [4.69, 9.17) is 0 Å². The maximum Gasteiger partial charge on any atom is 0.272 e. The van der Waals surface area contributed by atoms with E-state index in [0.29, 0.717) is 18.7 Å². The highest BCUT2D eigenvalue weighted by Gasteiger charge is 2.24. The van der Waals surface area contributed by atoms with E-state index in [2.05, 4.69) is 20.8 Å². The molecule has 0 spiro atoms. The molecule has 1 atom stereocenters. The van der Waals surface area contributed by atoms with Crippen LogP contribution < -0.4 is 15.5 Å². The molecule has 0 aliphatic carbocycles. The maximum absolute atomic E-state index is 12.6. The van der Waals surface area contributed by atoms with E-state index in [9.17, 15) is 9.59 Å². The summed E-state index contributed by atoms with van der Waals surface area (Å²) >= 11 is 0. The number of benzene rings is 1. The number of halogens is 1. The summed E-state index contributed by atoms with van der Waals surface area (Å²) in [6.45, 7) is 4.30. The van der Waals surface area contributed by atoms with E-state index < -0.39 is 0 Å². The topological polar surface area (TPSA) is 90.1 Å². The van der Waals surface area contributed by atoms with E-state index in [1.54, 1.807) is 0 Å². The minimum atomic E-state index is -0.169. The average Bonchev–Trinajstić information content (AvgIpc) is 3.28. The summed E-state index contributed by atoms with van der Waals surface area (Å²) < 4.78 is 0. The fraction of sp³-hybridized carbons (Fsp3) is 0.421. The number of nitrogens with zero attached hydrogens (tertiary/aromatic N) is 2. The smallest absolute Gasteiger partial charge is 0.272 e. The van der Waals surface area contributed by atoms with Crippen LogP contribution in [0, 0.1) is 0 Å². The van der Waals surface area contributed by atoms with E-state index in [-0.39, 0.29) is 30.3 Å². The van der Waals surface area contributed by atoms with Gasteiger partial charge in [0.2, 0.25) is 5.91 Å². The molecular weight excluding hydrogens is 366 g/mol. The number of carbonyl (C=O) groups excluding carboxylic acids is 2. The van der Waals surface area contributed by atoms with Gasteiger partial charge in [0, 0.05) is 49.4 Å². The van der Waals surface area contributed by atoms with Crippen molar-refractivity contribution in [2.45, 2.75) is 38.8 Å². The van der Waals surface area contributed by atoms with Crippen LogP contribution in [0.25, 0.3) is 0 Å². The molecule has 144 valence electrons. The second-order valence-corrected chi connectivity index (χ2v) is 6.89. The van der Waals surface area contributed by atoms with E-state index in [1.165, 1.54) is 0 Å². The molecule has 1 aromatic carbocycles. The molecule has 0 radical (unpaired) electrons. The first kappa shape index (κ1) is 19.4. The Morgan fingerprint density at radius 1 is 1.26 bits per heavy atom. The maximum atomic E-state index is 12.6. The first-order valence-corrected chi connectivity index (χ1v) is 9.11. The largest absolute Gasteiger partial charge is 0.344 e. The van der Waals surface area contributed by atoms with Crippen molar-refractivity contribution < 1.29 is 9.59 Å². The second-order valence-electron chi connectivity index (χ2n) is 6.89. The molecule has 0 bridgehead atoms. The summed E-state index contributed by atoms with van der Waals surface area (Å²) in [5, 5.41) is 13.5. The van der Waals surface area contributed by atoms with Gasteiger partial charge in [0.15, 0.2) is 5.69 Å². The van der Waals surface area contributed by atoms with Crippen LogP contribution in [-0.4, -0.2) is 35.1 Å². The van der Waals surface area contributed by atoms with Crippen molar-refractivity contribution in [3.63, 3.8) is 0 Å². The van der Waals surface area contributed by atoms with Crippen LogP contribution in [0.15, 0.2) is 24.3 Å². The van der Waals surface area contributed by atoms with Crippen LogP contribution in [0.5, 0.6) is 0 Å². The molecule has 4 rings (SSSR count). The molecule has 8 heteroatoms. The minimum absolute atomic E-state index is 0. The zero-order chi connectivity index (χ0) is 18.1. The number of hydrogen-bond donors (Lipinski definition) is 3. The van der Waals surface area contributed by atoms with Crippen molar-refractivity contribution in [1.29, 1.82) is 0 Å². The van der Waals surface area contributed by atoms with Crippen molar-refractivity contribution in [2.75, 3.05) is 18.0 Å². The average molecular weight is 390 g/mol. The summed E-state index contributed by atoms with van der Waals surface area (Å²) in [6.07, 6.45) is 2.40. The molecule has 1 aromatic heterocycles. The normalized spacial score (nSPS) is 17.2. The number of H-pyrrole nitrogens is 1. The van der Waals surface area contributed by atoms with Gasteiger partial charge in [-0.2, -0.15) is 5.10 Å². The van der Waals surface area contributed by atoms with E-state index >= 15 is 0 Å². The Kier molecular flexibility index (Phi) is 5.82. The van der Waals surface area contributed by atoms with Gasteiger partial charge in [0.05, 0.1) is 6.04 Å². The molecule has 2 aromatic rings. The van der Waals surface area contributed by atoms with E-state index in [0.717, 1.165) is 48.4 Å². The lowest BCUT2D eigenvalue weighted by Crippen LogP contribution is -2.30. The number of aromatic nitrogens is 2. The standard InChI is InChI=1S/C19H23N5O2.ClH/c1-12(13-4-6-14(7-5-13)24-10-2-3-17(24)25)21-19(26)18-15-11-20-9-8-16(15)22-23-18;/h4-7,12,20H,2-3,8-11H2,1H3,(H,21,26)(H,22,23);1H. The fourth-order valence-corrected chi connectivity index (χ4v) is 3.63. The molecule has 1 fully saturated rings. The third-order valence-corrected chi connectivity index (χ3v) is 5.15. The van der Waals surface area contributed by atoms with Gasteiger partial charge in [-0.15, -0.1) is 12.4 Å². The molecule has 2 amide bonds. The lowest BCUT2D eigenvalue weighted by molar-refractivity contribution is -0.117. The molecule has 7 nitrogen and oxygen atoms in total. The Hall–Kier alpha value is -2.38. The van der Waals surface area contributed by atoms with Crippen molar-refractivity contribution >= 4 is 29.9 Å². The minimum Gasteiger partial charge on any atom is -0.344 e. The molecule has 1 saturated heterocycles. The SMILES string of the molecule is CC(NC(=O)c1n[nH]c2c1CNCC2)c1ccc(N2CCCC2=O)cc1.Cl. The lowest BCUT2D eigenvalue weighted by Gasteiger charge is -2.18. The highest BCUT2D eigenvalue weighted by molar-refractivity contribution is 5.95. The molecule has 3 heterocycles. The van der Waals surface area contributed by atoms with Crippen LogP contribution in [-0.2, 0) is 17.8 Å². The van der Waals surface area contributed by atoms with Gasteiger partial charge in [-0.3, -0.25) is 14.7 Å². The third kappa shape index (κ3) is 3.84. The predicted molar refractivity (Wildman–Crippen MR) is 105 cm³/mol. The van der Waals surface area contributed by atoms with Crippen LogP contribution in [0.2, 0.25) is 0 Å². The Morgan fingerprint density at radius 3 is 2.74 bits per heavy atom. The van der Waals surface area contributed by atoms with Crippen molar-refractivity contribution in [2.24, 2.45) is 0 Å². The van der Waals surface area contributed by atoms with Gasteiger partial charge >= 0.3 is 0 Å². The Bertz CT molecular complexity index is 833. The van der Waals surface area contributed by atoms with Crippen LogP contribution >= 0.6 is 12.4 Å². The van der Waals surface area contributed by atoms with Crippen LogP contribution in [0.3, 0.4) is 0 Å². The number of carbonyl (C=O) groups is 2. The molecular formula is C19H24ClN5O2. The first-order chi connectivity index (χ1) is 12.6. The third-order valence-electron chi connectivity index (χ3n) is 5.15. The fourth-order valence-electron chi connectivity index (χ4n) is 3.63. The Balaban J connectivity index is 0.00000210. The number of nitrogens with one attached hydrogen (secondary N) is 3. The molecule has 2 aliphatic rings. The van der Waals surface area contributed by atoms with Crippen molar-refractivity contribution in [3.8, 4) is 0 Å². The molecule has 27 heavy (non-hydrogen) atoms. The molecule has 3 N–H and O–H groups in total. The van der Waals surface area contributed by atoms with Crippen LogP contribution in [0.1, 0.15) is 53.1 Å². The lowest BCUT2D eigenvalue weighted by atomic mass is 10.1. The highest BCUT2D eigenvalue weighted by atomic mass is 35.5. The summed E-state index contributed by atoms with van der Waals surface area (Å²) in [5.41, 5.74) is 4.39. The van der Waals surface area contributed by atoms with Crippen molar-refractivity contribution in [3.05, 3.63) is 46.8 Å². The number of rotatable bonds is 4. The zero-order valence-corrected chi connectivity index (χ0v) is 16.1. The monoisotopic (exact) mass is 389 g/mol. The number of aromatic amines is 1. The zero-order valence-electron chi connectivity index (χ0n) is 15.2. The quantitative estimate of drug-likeness (QED) is 0.746. The van der Waals surface area contributed by atoms with Gasteiger partial charge in [-0.05, 0) is 31.0 Å². The van der Waals surface area contributed by atoms with Crippen LogP contribution in [0.4, 0.5) is 5.69 Å². The van der Waals surface area contributed by atoms with Gasteiger partial charge in [0.1, 0.15) is 0 Å². The van der Waals surface area contributed by atoms with Gasteiger partial charge in [0.25, 0.3) is 5.91 Å². The van der Waals surface area contributed by atoms with Gasteiger partial charge in [-0.25, -0.2) is 0 Å². The number of amides is 2. The number of anilines is 1. The summed E-state index contributed by atoms with van der Waals surface area (Å²) in [6, 6.07) is 7.68. The van der Waals surface area contributed by atoms with Gasteiger partial charge in [-0.1, -0.05) is 12.1 Å². The summed E-state index contributed by atoms with van der Waals surface area (Å²) in [4.78, 5) is 26.3. The predicted octanol–water partition coefficient (Wildman–Crippen LogP) is 2.10. The number of fused-ring (bicyclic) bond motifs is 1. The van der Waals surface area contributed by atoms with E-state index in [1.807, 2.05) is 36.1 Å². The van der Waals surface area contributed by atoms with Crippen molar-refractivity contribution in [1.82, 2.24) is 20.8 Å². The molecule has 1 unspecified atom stereocenters.